The summed E-state index contributed by atoms with van der Waals surface area (Å²) in [5, 5.41) is 0.643. The van der Waals surface area contributed by atoms with Crippen LogP contribution < -0.4 is 5.56 Å². The van der Waals surface area contributed by atoms with Crippen LogP contribution in [0.4, 0.5) is 0 Å². The van der Waals surface area contributed by atoms with Gasteiger partial charge in [0, 0.05) is 13.3 Å². The van der Waals surface area contributed by atoms with Gasteiger partial charge in [-0.25, -0.2) is 4.98 Å². The third kappa shape index (κ3) is 3.87. The van der Waals surface area contributed by atoms with Gasteiger partial charge in [-0.2, -0.15) is 0 Å². The highest BCUT2D eigenvalue weighted by molar-refractivity contribution is 5.84. The molecule has 1 aromatic heterocycles. The van der Waals surface area contributed by atoms with Crippen molar-refractivity contribution in [2.75, 3.05) is 7.05 Å². The Hall–Kier alpha value is -3.53. The fraction of sp³-hybridized carbons (Fsp3) is 0.160. The predicted octanol–water partition coefficient (Wildman–Crippen LogP) is 4.72. The second-order valence-electron chi connectivity index (χ2n) is 7.05. The zero-order chi connectivity index (χ0) is 20.2. The van der Waals surface area contributed by atoms with Crippen LogP contribution >= 0.6 is 0 Å². The van der Waals surface area contributed by atoms with Crippen molar-refractivity contribution in [3.05, 3.63) is 100 Å². The molecule has 144 valence electrons. The molecule has 0 radical (unpaired) electrons. The van der Waals surface area contributed by atoms with Crippen LogP contribution in [0.5, 0.6) is 0 Å². The summed E-state index contributed by atoms with van der Waals surface area (Å²) < 4.78 is 1.66. The van der Waals surface area contributed by atoms with Crippen LogP contribution in [0, 0.1) is 0 Å². The monoisotopic (exact) mass is 381 g/mol. The minimum Gasteiger partial charge on any atom is -0.296 e. The van der Waals surface area contributed by atoms with Gasteiger partial charge in [0.15, 0.2) is 0 Å². The molecule has 0 aliphatic carbocycles. The molecule has 0 bridgehead atoms. The maximum atomic E-state index is 12.8. The number of rotatable bonds is 5. The molecule has 0 aliphatic rings. The van der Waals surface area contributed by atoms with Crippen LogP contribution in [-0.2, 0) is 13.0 Å². The summed E-state index contributed by atoms with van der Waals surface area (Å²) in [7, 11) is 1.79. The Morgan fingerprint density at radius 2 is 1.83 bits per heavy atom. The van der Waals surface area contributed by atoms with Crippen LogP contribution in [0.3, 0.4) is 0 Å². The van der Waals surface area contributed by atoms with E-state index in [-0.39, 0.29) is 5.56 Å². The molecule has 0 atom stereocenters. The smallest absolute Gasteiger partial charge is 0.261 e. The maximum Gasteiger partial charge on any atom is 0.261 e. The fourth-order valence-corrected chi connectivity index (χ4v) is 3.62. The van der Waals surface area contributed by atoms with Crippen molar-refractivity contribution < 1.29 is 0 Å². The number of fused-ring (bicyclic) bond motifs is 1. The largest absolute Gasteiger partial charge is 0.296 e. The Kier molecular flexibility index (Phi) is 5.34. The van der Waals surface area contributed by atoms with Gasteiger partial charge in [-0.1, -0.05) is 49.4 Å². The van der Waals surface area contributed by atoms with Gasteiger partial charge in [-0.15, -0.1) is 0 Å². The number of hydrogen-bond donors (Lipinski definition) is 0. The highest BCUT2D eigenvalue weighted by atomic mass is 16.1. The van der Waals surface area contributed by atoms with Crippen LogP contribution in [0.25, 0.3) is 22.0 Å². The number of aliphatic imine (C=N–C) groups is 1. The van der Waals surface area contributed by atoms with Gasteiger partial charge in [-0.3, -0.25) is 14.4 Å². The summed E-state index contributed by atoms with van der Waals surface area (Å²) >= 11 is 0. The first-order valence-corrected chi connectivity index (χ1v) is 9.78. The van der Waals surface area contributed by atoms with Gasteiger partial charge in [0.1, 0.15) is 0 Å². The zero-order valence-corrected chi connectivity index (χ0v) is 16.7. The minimum atomic E-state index is -0.0188. The van der Waals surface area contributed by atoms with E-state index in [1.165, 1.54) is 5.56 Å². The quantitative estimate of drug-likeness (QED) is 0.470. The standard InChI is InChI=1S/C25H23N3O/c1-3-19-11-12-21(14-22(19)15-26-2)20-8-6-7-18(13-20)16-28-17-27-24-10-5-4-9-23(24)25(28)29/h4-15,17H,3,16H2,1-2H3. The van der Waals surface area contributed by atoms with Gasteiger partial charge < -0.3 is 0 Å². The van der Waals surface area contributed by atoms with Crippen molar-refractivity contribution >= 4 is 17.1 Å². The fourth-order valence-electron chi connectivity index (χ4n) is 3.62. The molecule has 0 amide bonds. The van der Waals surface area contributed by atoms with Crippen molar-refractivity contribution in [1.29, 1.82) is 0 Å². The van der Waals surface area contributed by atoms with E-state index >= 15 is 0 Å². The van der Waals surface area contributed by atoms with Crippen molar-refractivity contribution in [3.63, 3.8) is 0 Å². The highest BCUT2D eigenvalue weighted by Gasteiger charge is 2.07. The summed E-state index contributed by atoms with van der Waals surface area (Å²) in [5.74, 6) is 0. The van der Waals surface area contributed by atoms with E-state index in [0.29, 0.717) is 11.9 Å². The molecular weight excluding hydrogens is 358 g/mol. The zero-order valence-electron chi connectivity index (χ0n) is 16.7. The van der Waals surface area contributed by atoms with Crippen molar-refractivity contribution in [3.8, 4) is 11.1 Å². The number of aryl methyl sites for hydroxylation is 1. The Bertz CT molecular complexity index is 1250. The summed E-state index contributed by atoms with van der Waals surface area (Å²) in [6.07, 6.45) is 4.51. The van der Waals surface area contributed by atoms with Crippen molar-refractivity contribution in [1.82, 2.24) is 9.55 Å². The molecule has 0 saturated heterocycles. The molecule has 0 fully saturated rings. The molecule has 0 saturated carbocycles. The first kappa shape index (κ1) is 18.8. The SMILES string of the molecule is CCc1ccc(-c2cccc(Cn3cnc4ccccc4c3=O)c2)cc1C=NC. The van der Waals surface area contributed by atoms with Crippen LogP contribution in [0.2, 0.25) is 0 Å². The number of hydrogen-bond acceptors (Lipinski definition) is 3. The molecule has 0 N–H and O–H groups in total. The number of aromatic nitrogens is 2. The molecule has 1 heterocycles. The second kappa shape index (κ2) is 8.23. The molecule has 0 unspecified atom stereocenters. The predicted molar refractivity (Wildman–Crippen MR) is 120 cm³/mol. The average Bonchev–Trinajstić information content (AvgIpc) is 2.76. The number of benzene rings is 3. The molecule has 3 aromatic carbocycles. The molecule has 4 heteroatoms. The normalized spacial score (nSPS) is 11.4. The second-order valence-corrected chi connectivity index (χ2v) is 7.05. The van der Waals surface area contributed by atoms with Crippen LogP contribution in [0.1, 0.15) is 23.6 Å². The van der Waals surface area contributed by atoms with E-state index in [9.17, 15) is 4.79 Å². The summed E-state index contributed by atoms with van der Waals surface area (Å²) in [5.41, 5.74) is 6.46. The Morgan fingerprint density at radius 1 is 1.00 bits per heavy atom. The number of para-hydroxylation sites is 1. The lowest BCUT2D eigenvalue weighted by molar-refractivity contribution is 0.748. The van der Waals surface area contributed by atoms with Gasteiger partial charge >= 0.3 is 0 Å². The molecule has 0 aliphatic heterocycles. The Morgan fingerprint density at radius 3 is 2.66 bits per heavy atom. The van der Waals surface area contributed by atoms with Crippen LogP contribution in [0.15, 0.2) is 82.8 Å². The third-order valence-electron chi connectivity index (χ3n) is 5.14. The highest BCUT2D eigenvalue weighted by Crippen LogP contribution is 2.24. The average molecular weight is 381 g/mol. The lowest BCUT2D eigenvalue weighted by atomic mass is 9.97. The van der Waals surface area contributed by atoms with E-state index in [4.69, 9.17) is 0 Å². The first-order valence-electron chi connectivity index (χ1n) is 9.78. The molecule has 4 rings (SSSR count). The number of nitrogens with zero attached hydrogens (tertiary/aromatic N) is 3. The van der Waals surface area contributed by atoms with Crippen molar-refractivity contribution in [2.45, 2.75) is 19.9 Å². The lowest BCUT2D eigenvalue weighted by Gasteiger charge is -2.10. The first-order chi connectivity index (χ1) is 14.2. The third-order valence-corrected chi connectivity index (χ3v) is 5.14. The summed E-state index contributed by atoms with van der Waals surface area (Å²) in [6.45, 7) is 2.64. The molecule has 29 heavy (non-hydrogen) atoms. The van der Waals surface area contributed by atoms with E-state index in [1.54, 1.807) is 17.9 Å². The van der Waals surface area contributed by atoms with E-state index in [1.807, 2.05) is 42.6 Å². The van der Waals surface area contributed by atoms with E-state index in [0.717, 1.165) is 34.2 Å². The molecular formula is C25H23N3O. The maximum absolute atomic E-state index is 12.8. The molecule has 4 nitrogen and oxygen atoms in total. The van der Waals surface area contributed by atoms with Gasteiger partial charge in [0.25, 0.3) is 5.56 Å². The van der Waals surface area contributed by atoms with E-state index in [2.05, 4.69) is 47.2 Å². The van der Waals surface area contributed by atoms with Crippen LogP contribution in [-0.4, -0.2) is 22.8 Å². The molecule has 4 aromatic rings. The summed E-state index contributed by atoms with van der Waals surface area (Å²) in [6, 6.07) is 22.2. The summed E-state index contributed by atoms with van der Waals surface area (Å²) in [4.78, 5) is 21.4. The van der Waals surface area contributed by atoms with E-state index < -0.39 is 0 Å². The van der Waals surface area contributed by atoms with Crippen molar-refractivity contribution in [2.24, 2.45) is 4.99 Å². The van der Waals surface area contributed by atoms with Gasteiger partial charge in [0.05, 0.1) is 23.8 Å². The topological polar surface area (TPSA) is 47.2 Å². The molecule has 0 spiro atoms. The Balaban J connectivity index is 1.69. The van der Waals surface area contributed by atoms with Gasteiger partial charge in [0.2, 0.25) is 0 Å². The minimum absolute atomic E-state index is 0.0188. The van der Waals surface area contributed by atoms with Gasteiger partial charge in [-0.05, 0) is 58.5 Å². The lowest BCUT2D eigenvalue weighted by Crippen LogP contribution is -2.21. The Labute approximate surface area is 170 Å².